The minimum atomic E-state index is -0.150. The molecule has 6 bridgehead atoms. The largest absolute Gasteiger partial charge is 0.308 e. The van der Waals surface area contributed by atoms with E-state index in [0.29, 0.717) is 55.8 Å². The van der Waals surface area contributed by atoms with Gasteiger partial charge < -0.3 is 13.7 Å². The molecule has 0 aliphatic carbocycles. The summed E-state index contributed by atoms with van der Waals surface area (Å²) in [6, 6.07) is 14.9. The van der Waals surface area contributed by atoms with Crippen LogP contribution in [0.25, 0.3) is 43.5 Å². The third-order valence-electron chi connectivity index (χ3n) is 7.32. The van der Waals surface area contributed by atoms with Gasteiger partial charge in [-0.3, -0.25) is 14.4 Å². The molecule has 0 spiro atoms. The summed E-state index contributed by atoms with van der Waals surface area (Å²) in [5.41, 5.74) is 1.80. The van der Waals surface area contributed by atoms with E-state index in [9.17, 15) is 14.4 Å². The predicted molar refractivity (Wildman–Crippen MR) is 178 cm³/mol. The molecular formula is C33H35Br2N3O3. The molecule has 0 saturated carbocycles. The fraction of sp³-hybridized carbons (Fsp3) is 0.364. The fourth-order valence-corrected chi connectivity index (χ4v) is 6.59. The van der Waals surface area contributed by atoms with E-state index < -0.39 is 0 Å². The second-order valence-electron chi connectivity index (χ2n) is 12.2. The normalized spacial score (nSPS) is 12.2. The maximum absolute atomic E-state index is 14.3. The second-order valence-corrected chi connectivity index (χ2v) is 13.9. The molecule has 214 valence electrons. The van der Waals surface area contributed by atoms with Crippen molar-refractivity contribution in [1.29, 1.82) is 0 Å². The zero-order chi connectivity index (χ0) is 29.7. The molecule has 0 fully saturated rings. The first-order valence-corrected chi connectivity index (χ1v) is 15.7. The summed E-state index contributed by atoms with van der Waals surface area (Å²) in [5, 5.41) is 3.14. The highest BCUT2D eigenvalue weighted by atomic mass is 79.9. The van der Waals surface area contributed by atoms with Gasteiger partial charge in [0.25, 0.3) is 16.7 Å². The Labute approximate surface area is 255 Å². The average molecular weight is 681 g/mol. The number of pyridine rings is 1. The third kappa shape index (κ3) is 5.48. The molecule has 3 aromatic heterocycles. The summed E-state index contributed by atoms with van der Waals surface area (Å²) >= 11 is 7.32. The average Bonchev–Trinajstić information content (AvgIpc) is 2.90. The molecule has 0 unspecified atom stereocenters. The molecule has 6 aromatic rings. The first kappa shape index (κ1) is 29.5. The third-order valence-corrected chi connectivity index (χ3v) is 8.63. The van der Waals surface area contributed by atoms with Crippen molar-refractivity contribution in [2.24, 2.45) is 17.8 Å². The molecule has 0 saturated heterocycles. The topological polar surface area (TPSA) is 66.0 Å². The highest BCUT2D eigenvalue weighted by molar-refractivity contribution is 9.11. The first-order chi connectivity index (χ1) is 19.4. The van der Waals surface area contributed by atoms with Gasteiger partial charge in [0.15, 0.2) is 0 Å². The van der Waals surface area contributed by atoms with E-state index in [1.807, 2.05) is 47.0 Å². The Bertz CT molecular complexity index is 2050. The number of aromatic nitrogens is 3. The van der Waals surface area contributed by atoms with E-state index in [2.05, 4.69) is 73.4 Å². The lowest BCUT2D eigenvalue weighted by molar-refractivity contribution is 0.524. The van der Waals surface area contributed by atoms with Gasteiger partial charge >= 0.3 is 0 Å². The number of nitrogens with zero attached hydrogens (tertiary/aromatic N) is 3. The predicted octanol–water partition coefficient (Wildman–Crippen LogP) is 7.84. The highest BCUT2D eigenvalue weighted by Crippen LogP contribution is 2.30. The van der Waals surface area contributed by atoms with Gasteiger partial charge in [-0.1, -0.05) is 41.5 Å². The molecule has 0 radical (unpaired) electrons. The van der Waals surface area contributed by atoms with Crippen molar-refractivity contribution < 1.29 is 0 Å². The van der Waals surface area contributed by atoms with Crippen LogP contribution in [0.4, 0.5) is 0 Å². The van der Waals surface area contributed by atoms with Crippen molar-refractivity contribution >= 4 is 75.3 Å². The Kier molecular flexibility index (Phi) is 8.18. The van der Waals surface area contributed by atoms with E-state index in [1.165, 1.54) is 0 Å². The maximum atomic E-state index is 14.3. The molecule has 41 heavy (non-hydrogen) atoms. The summed E-state index contributed by atoms with van der Waals surface area (Å²) in [5.74, 6) is 0.662. The van der Waals surface area contributed by atoms with E-state index in [1.54, 1.807) is 15.2 Å². The molecule has 6 nitrogen and oxygen atoms in total. The minimum absolute atomic E-state index is 0.0828. The van der Waals surface area contributed by atoms with Crippen LogP contribution >= 0.6 is 31.9 Å². The van der Waals surface area contributed by atoms with E-state index in [0.717, 1.165) is 16.3 Å². The van der Waals surface area contributed by atoms with Crippen LogP contribution in [-0.2, 0) is 19.6 Å². The number of halogens is 2. The van der Waals surface area contributed by atoms with Gasteiger partial charge in [-0.25, -0.2) is 0 Å². The SMILES string of the molecule is CC(C)Cn1c(=O)c2cc3c4cc(ccc4c(=O)n(CC(C)C)c3cc2Br)n(CC(C)C)c(=O)c2ccc1cc2Br. The number of rotatable bonds is 6. The van der Waals surface area contributed by atoms with Crippen LogP contribution in [0.2, 0.25) is 0 Å². The maximum Gasteiger partial charge on any atom is 0.259 e. The molecule has 3 heterocycles. The molecular weight excluding hydrogens is 646 g/mol. The van der Waals surface area contributed by atoms with Crippen LogP contribution in [0.3, 0.4) is 0 Å². The lowest BCUT2D eigenvalue weighted by Gasteiger charge is -2.17. The quantitative estimate of drug-likeness (QED) is 0.172. The van der Waals surface area contributed by atoms with Gasteiger partial charge in [0.1, 0.15) is 0 Å². The molecule has 0 aliphatic heterocycles. The highest BCUT2D eigenvalue weighted by Gasteiger charge is 2.17. The molecule has 0 atom stereocenters. The molecule has 0 N–H and O–H groups in total. The lowest BCUT2D eigenvalue weighted by Crippen LogP contribution is -2.25. The smallest absolute Gasteiger partial charge is 0.259 e. The second kappa shape index (κ2) is 11.4. The van der Waals surface area contributed by atoms with Gasteiger partial charge in [0.2, 0.25) is 0 Å². The van der Waals surface area contributed by atoms with Gasteiger partial charge in [0.05, 0.1) is 16.3 Å². The Balaban J connectivity index is 2.15. The van der Waals surface area contributed by atoms with Crippen LogP contribution in [0, 0.1) is 17.8 Å². The minimum Gasteiger partial charge on any atom is -0.308 e. The van der Waals surface area contributed by atoms with E-state index >= 15 is 0 Å². The summed E-state index contributed by atoms with van der Waals surface area (Å²) < 4.78 is 6.63. The van der Waals surface area contributed by atoms with Gasteiger partial charge in [-0.15, -0.1) is 0 Å². The standard InChI is InChI=1S/C33H35Br2N3O3/c1-18(2)15-36-21-7-9-23-25(11-21)26-13-27(29(35)14-30(26)38(31(23)39)17-20(5)6)33(41)37(16-19(3)4)22-8-10-24(32(36)40)28(34)12-22/h7-14,18-20H,15-17H2,1-6H3. The summed E-state index contributed by atoms with van der Waals surface area (Å²) in [7, 11) is 0. The van der Waals surface area contributed by atoms with Gasteiger partial charge in [0, 0.05) is 50.4 Å². The molecule has 0 amide bonds. The zero-order valence-corrected chi connectivity index (χ0v) is 27.5. The first-order valence-electron chi connectivity index (χ1n) is 14.1. The van der Waals surface area contributed by atoms with Gasteiger partial charge in [-0.05, 0) is 104 Å². The van der Waals surface area contributed by atoms with Crippen molar-refractivity contribution in [2.75, 3.05) is 0 Å². The van der Waals surface area contributed by atoms with E-state index in [4.69, 9.17) is 0 Å². The zero-order valence-electron chi connectivity index (χ0n) is 24.3. The summed E-state index contributed by atoms with van der Waals surface area (Å²) in [4.78, 5) is 42.2. The van der Waals surface area contributed by atoms with E-state index in [-0.39, 0.29) is 34.4 Å². The Morgan fingerprint density at radius 1 is 0.512 bits per heavy atom. The summed E-state index contributed by atoms with van der Waals surface area (Å²) in [6.07, 6.45) is 0. The number of hydrogen-bond acceptors (Lipinski definition) is 3. The Morgan fingerprint density at radius 3 is 1.54 bits per heavy atom. The van der Waals surface area contributed by atoms with Gasteiger partial charge in [-0.2, -0.15) is 0 Å². The van der Waals surface area contributed by atoms with Crippen molar-refractivity contribution in [3.8, 4) is 0 Å². The number of fused-ring (bicyclic) bond motifs is 4. The van der Waals surface area contributed by atoms with Crippen molar-refractivity contribution in [1.82, 2.24) is 13.7 Å². The Morgan fingerprint density at radius 2 is 0.976 bits per heavy atom. The molecule has 0 aliphatic rings. The summed E-state index contributed by atoms with van der Waals surface area (Å²) in [6.45, 7) is 14.0. The number of hydrogen-bond donors (Lipinski definition) is 0. The fourth-order valence-electron chi connectivity index (χ4n) is 5.55. The van der Waals surface area contributed by atoms with Crippen molar-refractivity contribution in [2.45, 2.75) is 61.2 Å². The molecule has 3 aromatic carbocycles. The molecule has 8 heteroatoms. The van der Waals surface area contributed by atoms with Crippen LogP contribution in [0.1, 0.15) is 41.5 Å². The number of benzene rings is 3. The van der Waals surface area contributed by atoms with Crippen LogP contribution in [0.15, 0.2) is 71.9 Å². The monoisotopic (exact) mass is 679 g/mol. The molecule has 6 rings (SSSR count). The van der Waals surface area contributed by atoms with Crippen LogP contribution < -0.4 is 16.7 Å². The van der Waals surface area contributed by atoms with Crippen LogP contribution in [0.5, 0.6) is 0 Å². The van der Waals surface area contributed by atoms with Crippen LogP contribution in [-0.4, -0.2) is 13.7 Å². The lowest BCUT2D eigenvalue weighted by atomic mass is 10.0. The Hall–Kier alpha value is -2.97. The van der Waals surface area contributed by atoms with Crippen molar-refractivity contribution in [3.05, 3.63) is 88.5 Å². The van der Waals surface area contributed by atoms with Crippen molar-refractivity contribution in [3.63, 3.8) is 0 Å².